The number of hydrogen-bond acceptors (Lipinski definition) is 4. The number of anilines is 3. The van der Waals surface area contributed by atoms with E-state index in [0.29, 0.717) is 18.9 Å². The zero-order chi connectivity index (χ0) is 24.0. The molecule has 0 bridgehead atoms. The maximum atomic E-state index is 13.3. The van der Waals surface area contributed by atoms with E-state index in [9.17, 15) is 9.59 Å². The van der Waals surface area contributed by atoms with Crippen molar-refractivity contribution in [3.8, 4) is 0 Å². The van der Waals surface area contributed by atoms with Gasteiger partial charge in [-0.25, -0.2) is 4.99 Å². The quantitative estimate of drug-likeness (QED) is 0.290. The van der Waals surface area contributed by atoms with Crippen molar-refractivity contribution in [2.24, 2.45) is 4.99 Å². The third kappa shape index (κ3) is 4.54. The molecular weight excluding hydrogens is 436 g/mol. The smallest absolute Gasteiger partial charge is 0.238 e. The average molecular weight is 461 g/mol. The first-order valence-corrected chi connectivity index (χ1v) is 11.4. The number of hydrogen-bond donors (Lipinski definition) is 0. The van der Waals surface area contributed by atoms with Gasteiger partial charge >= 0.3 is 0 Å². The number of ketones is 1. The maximum absolute atomic E-state index is 13.3. The highest BCUT2D eigenvalue weighted by molar-refractivity contribution is 6.31. The predicted molar refractivity (Wildman–Crippen MR) is 140 cm³/mol. The Morgan fingerprint density at radius 1 is 0.686 bits per heavy atom. The molecule has 1 unspecified atom stereocenters. The molecule has 1 heterocycles. The summed E-state index contributed by atoms with van der Waals surface area (Å²) in [6, 6.07) is 38.8. The highest BCUT2D eigenvalue weighted by Crippen LogP contribution is 2.33. The van der Waals surface area contributed by atoms with E-state index in [1.54, 1.807) is 0 Å². The summed E-state index contributed by atoms with van der Waals surface area (Å²) >= 11 is 0. The molecule has 0 radical (unpaired) electrons. The van der Waals surface area contributed by atoms with E-state index >= 15 is 0 Å². The number of aliphatic imine (C=N–C) groups is 1. The van der Waals surface area contributed by atoms with Crippen LogP contribution >= 0.6 is 0 Å². The Bertz CT molecular complexity index is 1310. The van der Waals surface area contributed by atoms with Crippen molar-refractivity contribution in [3.63, 3.8) is 0 Å². The van der Waals surface area contributed by atoms with Crippen molar-refractivity contribution < 1.29 is 9.59 Å². The van der Waals surface area contributed by atoms with Crippen LogP contribution < -0.4 is 14.7 Å². The van der Waals surface area contributed by atoms with Crippen LogP contribution in [0.15, 0.2) is 126 Å². The summed E-state index contributed by atoms with van der Waals surface area (Å²) in [4.78, 5) is 36.0. The molecule has 0 aromatic heterocycles. The molecule has 1 atom stereocenters. The molecule has 35 heavy (non-hydrogen) atoms. The van der Waals surface area contributed by atoms with Gasteiger partial charge in [-0.3, -0.25) is 19.4 Å². The van der Waals surface area contributed by atoms with Gasteiger partial charge < -0.3 is 4.90 Å². The summed E-state index contributed by atoms with van der Waals surface area (Å²) in [5, 5.41) is 0. The molecule has 1 fully saturated rings. The highest BCUT2D eigenvalue weighted by Gasteiger charge is 2.42. The minimum Gasteiger partial charge on any atom is -0.326 e. The first kappa shape index (κ1) is 22.1. The Kier molecular flexibility index (Phi) is 6.35. The molecule has 0 amide bonds. The zero-order valence-corrected chi connectivity index (χ0v) is 19.0. The summed E-state index contributed by atoms with van der Waals surface area (Å²) in [6.07, 6.45) is -0.505. The summed E-state index contributed by atoms with van der Waals surface area (Å²) in [6.45, 7) is 0.327. The molecule has 4 aromatic rings. The van der Waals surface area contributed by atoms with Crippen LogP contribution in [0, 0.1) is 0 Å². The number of carbonyl (C=O) groups is 2. The normalized spacial score (nSPS) is 16.9. The summed E-state index contributed by atoms with van der Waals surface area (Å²) in [5.41, 5.74) is 3.24. The largest absolute Gasteiger partial charge is 0.326 e. The van der Waals surface area contributed by atoms with E-state index in [-0.39, 0.29) is 0 Å². The van der Waals surface area contributed by atoms with Crippen LogP contribution in [-0.4, -0.2) is 30.9 Å². The number of para-hydroxylation sites is 4. The van der Waals surface area contributed by atoms with Crippen LogP contribution in [0.4, 0.5) is 22.7 Å². The lowest BCUT2D eigenvalue weighted by Crippen LogP contribution is -2.68. The van der Waals surface area contributed by atoms with Gasteiger partial charge in [0.2, 0.25) is 11.7 Å². The van der Waals surface area contributed by atoms with Gasteiger partial charge in [-0.15, -0.1) is 0 Å². The molecule has 1 aliphatic heterocycles. The predicted octanol–water partition coefficient (Wildman–Crippen LogP) is 5.26. The average Bonchev–Trinajstić information content (AvgIpc) is 2.94. The maximum Gasteiger partial charge on any atom is 0.238 e. The van der Waals surface area contributed by atoms with Crippen molar-refractivity contribution in [2.45, 2.75) is 6.17 Å². The third-order valence-corrected chi connectivity index (χ3v) is 5.84. The van der Waals surface area contributed by atoms with E-state index in [2.05, 4.69) is 4.90 Å². The van der Waals surface area contributed by atoms with Crippen molar-refractivity contribution in [2.75, 3.05) is 21.4 Å². The molecular formula is C29H24N4O2. The van der Waals surface area contributed by atoms with Gasteiger partial charge in [0.1, 0.15) is 6.67 Å². The SMILES string of the molecule is O=CC(=O)C1N(c2ccccc2)CN(c2ccccc2)C(=Nc2ccccc2)N1c1ccccc1. The van der Waals surface area contributed by atoms with Crippen LogP contribution in [0.2, 0.25) is 0 Å². The fourth-order valence-electron chi connectivity index (χ4n) is 4.24. The van der Waals surface area contributed by atoms with Crippen LogP contribution in [0.25, 0.3) is 0 Å². The zero-order valence-electron chi connectivity index (χ0n) is 19.0. The van der Waals surface area contributed by atoms with E-state index in [1.807, 2.05) is 131 Å². The van der Waals surface area contributed by atoms with E-state index in [1.165, 1.54) is 0 Å². The molecule has 0 N–H and O–H groups in total. The summed E-state index contributed by atoms with van der Waals surface area (Å²) in [5.74, 6) is 0.00663. The number of guanidine groups is 1. The second-order valence-electron chi connectivity index (χ2n) is 8.06. The number of Topliss-reactive ketones (excluding diaryl/α,β-unsaturated/α-hetero) is 1. The lowest BCUT2D eigenvalue weighted by molar-refractivity contribution is -0.130. The lowest BCUT2D eigenvalue weighted by Gasteiger charge is -2.50. The fraction of sp³-hybridized carbons (Fsp3) is 0.0690. The molecule has 0 aliphatic carbocycles. The number of aldehydes is 1. The number of carbonyl (C=O) groups excluding carboxylic acids is 2. The van der Waals surface area contributed by atoms with Crippen LogP contribution in [0.1, 0.15) is 0 Å². The van der Waals surface area contributed by atoms with Crippen molar-refractivity contribution in [1.82, 2.24) is 0 Å². The topological polar surface area (TPSA) is 56.2 Å². The van der Waals surface area contributed by atoms with E-state index in [4.69, 9.17) is 4.99 Å². The number of rotatable bonds is 6. The van der Waals surface area contributed by atoms with Gasteiger partial charge in [-0.05, 0) is 48.5 Å². The molecule has 1 saturated heterocycles. The fourth-order valence-corrected chi connectivity index (χ4v) is 4.24. The Morgan fingerprint density at radius 3 is 1.71 bits per heavy atom. The number of nitrogens with zero attached hydrogens (tertiary/aromatic N) is 4. The van der Waals surface area contributed by atoms with Gasteiger partial charge in [-0.2, -0.15) is 0 Å². The minimum absolute atomic E-state index is 0.327. The van der Waals surface area contributed by atoms with Crippen molar-refractivity contribution in [3.05, 3.63) is 121 Å². The van der Waals surface area contributed by atoms with Crippen LogP contribution in [0.5, 0.6) is 0 Å². The second-order valence-corrected chi connectivity index (χ2v) is 8.06. The molecule has 0 saturated carbocycles. The van der Waals surface area contributed by atoms with Crippen molar-refractivity contribution in [1.29, 1.82) is 0 Å². The monoisotopic (exact) mass is 460 g/mol. The molecule has 6 heteroatoms. The van der Waals surface area contributed by atoms with E-state index in [0.717, 1.165) is 22.7 Å². The molecule has 1 aliphatic rings. The first-order valence-electron chi connectivity index (χ1n) is 11.4. The standard InChI is InChI=1S/C29H24N4O2/c34-21-27(35)28-31(24-15-7-2-8-16-24)22-32(25-17-9-3-10-18-25)29(30-23-13-5-1-6-14-23)33(28)26-19-11-4-12-20-26/h1-21,28H,22H2. The highest BCUT2D eigenvalue weighted by atomic mass is 16.2. The van der Waals surface area contributed by atoms with Crippen molar-refractivity contribution >= 4 is 40.8 Å². The first-order chi connectivity index (χ1) is 17.3. The van der Waals surface area contributed by atoms with Gasteiger partial charge in [0, 0.05) is 17.1 Å². The van der Waals surface area contributed by atoms with Crippen LogP contribution in [0.3, 0.4) is 0 Å². The third-order valence-electron chi connectivity index (χ3n) is 5.84. The summed E-state index contributed by atoms with van der Waals surface area (Å²) < 4.78 is 0. The second kappa shape index (κ2) is 10.1. The summed E-state index contributed by atoms with van der Waals surface area (Å²) in [7, 11) is 0. The molecule has 172 valence electrons. The molecule has 5 rings (SSSR count). The lowest BCUT2D eigenvalue weighted by atomic mass is 10.1. The van der Waals surface area contributed by atoms with E-state index < -0.39 is 11.9 Å². The Morgan fingerprint density at radius 2 is 1.17 bits per heavy atom. The van der Waals surface area contributed by atoms with Gasteiger partial charge in [0.15, 0.2) is 12.5 Å². The molecule has 0 spiro atoms. The molecule has 6 nitrogen and oxygen atoms in total. The van der Waals surface area contributed by atoms with Crippen LogP contribution in [-0.2, 0) is 9.59 Å². The Labute approximate surface area is 204 Å². The Balaban J connectivity index is 1.77. The number of benzene rings is 4. The molecule has 4 aromatic carbocycles. The Hall–Kier alpha value is -4.71. The minimum atomic E-state index is -0.903. The van der Waals surface area contributed by atoms with Gasteiger partial charge in [0.05, 0.1) is 5.69 Å². The van der Waals surface area contributed by atoms with Gasteiger partial charge in [0.25, 0.3) is 0 Å². The van der Waals surface area contributed by atoms with Gasteiger partial charge in [-0.1, -0.05) is 72.8 Å².